The summed E-state index contributed by atoms with van der Waals surface area (Å²) in [6, 6.07) is 6.85. The van der Waals surface area contributed by atoms with E-state index >= 15 is 0 Å². The number of hydrogen-bond acceptors (Lipinski definition) is 5. The van der Waals surface area contributed by atoms with Crippen LogP contribution in [0.4, 0.5) is 5.69 Å². The molecule has 1 atom stereocenters. The number of benzene rings is 1. The average Bonchev–Trinajstić information content (AvgIpc) is 2.81. The smallest absolute Gasteiger partial charge is 0.245 e. The second-order valence-electron chi connectivity index (χ2n) is 5.92. The molecule has 7 heteroatoms. The van der Waals surface area contributed by atoms with E-state index in [1.807, 2.05) is 6.07 Å². The number of allylic oxidation sites excluding steroid dienone is 1. The molecule has 0 unspecified atom stereocenters. The van der Waals surface area contributed by atoms with E-state index in [1.54, 1.807) is 18.2 Å². The molecule has 3 aliphatic rings. The monoisotopic (exact) mass is 341 g/mol. The number of nitrogens with one attached hydrogen (secondary N) is 1. The van der Waals surface area contributed by atoms with Gasteiger partial charge in [0, 0.05) is 29.1 Å². The first-order valence-electron chi connectivity index (χ1n) is 7.46. The van der Waals surface area contributed by atoms with Crippen LogP contribution in [0, 0.1) is 11.3 Å². The molecule has 1 aliphatic carbocycles. The molecular formula is C17H12ClN3O3. The van der Waals surface area contributed by atoms with Crippen LogP contribution in [0.3, 0.4) is 0 Å². The Morgan fingerprint density at radius 3 is 2.88 bits per heavy atom. The van der Waals surface area contributed by atoms with Gasteiger partial charge in [0.25, 0.3) is 0 Å². The van der Waals surface area contributed by atoms with Crippen LogP contribution >= 0.6 is 11.6 Å². The Kier molecular flexibility index (Phi) is 2.99. The third kappa shape index (κ3) is 1.65. The fraction of sp³-hybridized carbons (Fsp3) is 0.235. The highest BCUT2D eigenvalue weighted by Gasteiger charge is 2.59. The number of ketones is 1. The van der Waals surface area contributed by atoms with Gasteiger partial charge >= 0.3 is 0 Å². The lowest BCUT2D eigenvalue weighted by atomic mass is 9.65. The minimum absolute atomic E-state index is 0.0741. The Hall–Kier alpha value is -2.78. The van der Waals surface area contributed by atoms with Crippen molar-refractivity contribution in [3.8, 4) is 6.07 Å². The Morgan fingerprint density at radius 2 is 2.12 bits per heavy atom. The molecule has 24 heavy (non-hydrogen) atoms. The molecule has 1 aromatic carbocycles. The number of carbonyl (C=O) groups excluding carboxylic acids is 2. The number of amides is 1. The molecule has 6 nitrogen and oxygen atoms in total. The number of nitrogens with two attached hydrogens (primary N) is 1. The quantitative estimate of drug-likeness (QED) is 0.753. The number of nitriles is 1. The van der Waals surface area contributed by atoms with Gasteiger partial charge in [-0.1, -0.05) is 11.6 Å². The zero-order valence-corrected chi connectivity index (χ0v) is 13.2. The van der Waals surface area contributed by atoms with Crippen LogP contribution in [-0.2, 0) is 19.7 Å². The van der Waals surface area contributed by atoms with Gasteiger partial charge in [-0.15, -0.1) is 0 Å². The Balaban J connectivity index is 2.13. The Bertz CT molecular complexity index is 925. The normalized spacial score (nSPS) is 25.2. The summed E-state index contributed by atoms with van der Waals surface area (Å²) >= 11 is 6.11. The molecule has 0 radical (unpaired) electrons. The van der Waals surface area contributed by atoms with Gasteiger partial charge in [0.05, 0.1) is 5.57 Å². The fourth-order valence-corrected chi connectivity index (χ4v) is 3.91. The SMILES string of the molecule is N#CC1=C(N)OC2=C(C(=O)CCC2)[C@@]12C(=O)Nc1ccc(Cl)cc12. The molecule has 0 saturated heterocycles. The van der Waals surface area contributed by atoms with Gasteiger partial charge in [-0.3, -0.25) is 9.59 Å². The second-order valence-corrected chi connectivity index (χ2v) is 6.36. The number of carbonyl (C=O) groups is 2. The highest BCUT2D eigenvalue weighted by Crippen LogP contribution is 2.54. The van der Waals surface area contributed by atoms with Crippen molar-refractivity contribution in [1.29, 1.82) is 5.26 Å². The zero-order chi connectivity index (χ0) is 17.1. The third-order valence-electron chi connectivity index (χ3n) is 4.68. The lowest BCUT2D eigenvalue weighted by Crippen LogP contribution is -2.46. The lowest BCUT2D eigenvalue weighted by molar-refractivity contribution is -0.123. The molecule has 120 valence electrons. The van der Waals surface area contributed by atoms with Crippen molar-refractivity contribution in [3.63, 3.8) is 0 Å². The van der Waals surface area contributed by atoms with Crippen molar-refractivity contribution in [1.82, 2.24) is 0 Å². The standard InChI is InChI=1S/C17H12ClN3O3/c18-8-4-5-11-9(6-8)17(16(23)21-11)10(7-19)15(20)24-13-3-1-2-12(22)14(13)17/h4-6H,1-3,20H2,(H,21,23)/t17-/m0/s1. The van der Waals surface area contributed by atoms with E-state index in [9.17, 15) is 14.9 Å². The van der Waals surface area contributed by atoms with Crippen LogP contribution in [0.2, 0.25) is 5.02 Å². The number of Topliss-reactive ketones (excluding diaryl/α,β-unsaturated/α-hetero) is 1. The first kappa shape index (κ1) is 14.8. The lowest BCUT2D eigenvalue weighted by Gasteiger charge is -2.37. The maximum atomic E-state index is 13.0. The van der Waals surface area contributed by atoms with Gasteiger partial charge in [0.1, 0.15) is 22.8 Å². The number of hydrogen-bond donors (Lipinski definition) is 2. The maximum absolute atomic E-state index is 13.0. The van der Waals surface area contributed by atoms with E-state index in [2.05, 4.69) is 5.32 Å². The van der Waals surface area contributed by atoms with Crippen molar-refractivity contribution in [2.75, 3.05) is 5.32 Å². The summed E-state index contributed by atoms with van der Waals surface area (Å²) in [6.07, 6.45) is 1.41. The van der Waals surface area contributed by atoms with Gasteiger partial charge in [-0.2, -0.15) is 5.26 Å². The first-order chi connectivity index (χ1) is 11.5. The third-order valence-corrected chi connectivity index (χ3v) is 4.92. The van der Waals surface area contributed by atoms with Crippen LogP contribution in [0.25, 0.3) is 0 Å². The van der Waals surface area contributed by atoms with Crippen molar-refractivity contribution >= 4 is 29.0 Å². The number of rotatable bonds is 0. The highest BCUT2D eigenvalue weighted by atomic mass is 35.5. The molecule has 3 N–H and O–H groups in total. The summed E-state index contributed by atoms with van der Waals surface area (Å²) in [7, 11) is 0. The number of fused-ring (bicyclic) bond motifs is 3. The minimum Gasteiger partial charge on any atom is -0.444 e. The predicted molar refractivity (Wildman–Crippen MR) is 85.6 cm³/mol. The van der Waals surface area contributed by atoms with Gasteiger partial charge in [-0.05, 0) is 24.6 Å². The Morgan fingerprint density at radius 1 is 1.33 bits per heavy atom. The number of anilines is 1. The number of halogens is 1. The molecule has 1 spiro atoms. The van der Waals surface area contributed by atoms with E-state index in [4.69, 9.17) is 22.1 Å². The van der Waals surface area contributed by atoms with Crippen molar-refractivity contribution in [2.24, 2.45) is 5.73 Å². The topological polar surface area (TPSA) is 105 Å². The molecule has 0 saturated carbocycles. The van der Waals surface area contributed by atoms with E-state index in [0.717, 1.165) is 0 Å². The van der Waals surface area contributed by atoms with E-state index in [0.29, 0.717) is 41.3 Å². The zero-order valence-electron chi connectivity index (χ0n) is 12.5. The summed E-state index contributed by atoms with van der Waals surface area (Å²) in [4.78, 5) is 25.7. The van der Waals surface area contributed by atoms with Crippen molar-refractivity contribution < 1.29 is 14.3 Å². The van der Waals surface area contributed by atoms with Crippen LogP contribution < -0.4 is 11.1 Å². The molecular weight excluding hydrogens is 330 g/mol. The molecule has 1 amide bonds. The summed E-state index contributed by atoms with van der Waals surface area (Å²) < 4.78 is 5.53. The van der Waals surface area contributed by atoms with Gasteiger partial charge in [-0.25, -0.2) is 0 Å². The molecule has 2 aliphatic heterocycles. The van der Waals surface area contributed by atoms with E-state index in [1.165, 1.54) is 0 Å². The van der Waals surface area contributed by atoms with Gasteiger partial charge in [0.15, 0.2) is 5.78 Å². The van der Waals surface area contributed by atoms with Gasteiger partial charge in [0.2, 0.25) is 11.8 Å². The minimum atomic E-state index is -1.58. The molecule has 4 rings (SSSR count). The van der Waals surface area contributed by atoms with Crippen molar-refractivity contribution in [2.45, 2.75) is 24.7 Å². The summed E-state index contributed by atoms with van der Waals surface area (Å²) in [5.41, 5.74) is 5.46. The summed E-state index contributed by atoms with van der Waals surface area (Å²) in [5.74, 6) is -0.468. The maximum Gasteiger partial charge on any atom is 0.245 e. The first-order valence-corrected chi connectivity index (χ1v) is 7.84. The molecule has 0 bridgehead atoms. The molecule has 0 fully saturated rings. The van der Waals surface area contributed by atoms with Crippen molar-refractivity contribution in [3.05, 3.63) is 51.6 Å². The highest BCUT2D eigenvalue weighted by molar-refractivity contribution is 6.31. The number of ether oxygens (including phenoxy) is 1. The van der Waals surface area contributed by atoms with Crippen LogP contribution in [0.1, 0.15) is 24.8 Å². The van der Waals surface area contributed by atoms with Crippen LogP contribution in [0.15, 0.2) is 41.0 Å². The summed E-state index contributed by atoms with van der Waals surface area (Å²) in [5, 5.41) is 12.8. The summed E-state index contributed by atoms with van der Waals surface area (Å²) in [6.45, 7) is 0. The number of nitrogens with zero attached hydrogens (tertiary/aromatic N) is 1. The van der Waals surface area contributed by atoms with Crippen LogP contribution in [-0.4, -0.2) is 11.7 Å². The van der Waals surface area contributed by atoms with Crippen LogP contribution in [0.5, 0.6) is 0 Å². The molecule has 2 heterocycles. The predicted octanol–water partition coefficient (Wildman–Crippen LogP) is 2.26. The molecule has 0 aromatic heterocycles. The van der Waals surface area contributed by atoms with E-state index < -0.39 is 11.3 Å². The second kappa shape index (κ2) is 4.86. The average molecular weight is 342 g/mol. The molecule has 1 aromatic rings. The largest absolute Gasteiger partial charge is 0.444 e. The van der Waals surface area contributed by atoms with E-state index in [-0.39, 0.29) is 22.8 Å². The fourth-order valence-electron chi connectivity index (χ4n) is 3.74. The Labute approximate surface area is 142 Å². The van der Waals surface area contributed by atoms with Gasteiger partial charge < -0.3 is 15.8 Å².